The molecule has 0 aliphatic rings. The van der Waals surface area contributed by atoms with Gasteiger partial charge in [0.1, 0.15) is 18.5 Å². The molecule has 3 heterocycles. The molecular formula is C9H9N7. The fourth-order valence-electron chi connectivity index (χ4n) is 1.51. The van der Waals surface area contributed by atoms with Crippen LogP contribution in [0.1, 0.15) is 0 Å². The number of hydrogen-bond donors (Lipinski definition) is 1. The molecule has 7 nitrogen and oxygen atoms in total. The van der Waals surface area contributed by atoms with Crippen molar-refractivity contribution < 1.29 is 0 Å². The smallest absolute Gasteiger partial charge is 0.201 e. The van der Waals surface area contributed by atoms with E-state index in [1.807, 2.05) is 23.8 Å². The molecule has 0 aliphatic heterocycles. The van der Waals surface area contributed by atoms with Crippen molar-refractivity contribution in [1.29, 1.82) is 0 Å². The fourth-order valence-corrected chi connectivity index (χ4v) is 1.51. The normalized spacial score (nSPS) is 10.8. The molecule has 0 saturated carbocycles. The summed E-state index contributed by atoms with van der Waals surface area (Å²) < 4.78 is 3.47. The Hall–Kier alpha value is -2.44. The first-order valence-corrected chi connectivity index (χ1v) is 4.75. The Morgan fingerprint density at radius 1 is 1.38 bits per heavy atom. The van der Waals surface area contributed by atoms with Gasteiger partial charge in [-0.1, -0.05) is 0 Å². The maximum Gasteiger partial charge on any atom is 0.201 e. The van der Waals surface area contributed by atoms with Crippen LogP contribution < -0.4 is 5.32 Å². The van der Waals surface area contributed by atoms with Gasteiger partial charge in [0.25, 0.3) is 0 Å². The van der Waals surface area contributed by atoms with Gasteiger partial charge >= 0.3 is 0 Å². The number of hydrogen-bond acceptors (Lipinski definition) is 5. The minimum absolute atomic E-state index is 0.648. The number of imidazole rings is 1. The van der Waals surface area contributed by atoms with Crippen LogP contribution >= 0.6 is 0 Å². The second-order valence-electron chi connectivity index (χ2n) is 3.20. The van der Waals surface area contributed by atoms with E-state index in [2.05, 4.69) is 25.4 Å². The highest BCUT2D eigenvalue weighted by atomic mass is 15.4. The van der Waals surface area contributed by atoms with E-state index in [1.54, 1.807) is 17.2 Å². The molecule has 1 N–H and O–H groups in total. The Labute approximate surface area is 90.8 Å². The van der Waals surface area contributed by atoms with E-state index in [0.29, 0.717) is 5.82 Å². The molecule has 16 heavy (non-hydrogen) atoms. The van der Waals surface area contributed by atoms with Crippen molar-refractivity contribution in [2.75, 3.05) is 12.4 Å². The number of aromatic nitrogens is 6. The topological polar surface area (TPSA) is 72.9 Å². The van der Waals surface area contributed by atoms with Crippen LogP contribution in [0, 0.1) is 0 Å². The zero-order valence-electron chi connectivity index (χ0n) is 8.57. The van der Waals surface area contributed by atoms with Gasteiger partial charge in [-0.2, -0.15) is 9.78 Å². The van der Waals surface area contributed by atoms with E-state index in [-0.39, 0.29) is 0 Å². The van der Waals surface area contributed by atoms with Crippen molar-refractivity contribution in [2.45, 2.75) is 0 Å². The molecule has 3 aromatic rings. The van der Waals surface area contributed by atoms with E-state index in [9.17, 15) is 0 Å². The van der Waals surface area contributed by atoms with Gasteiger partial charge in [0.15, 0.2) is 5.65 Å². The highest BCUT2D eigenvalue weighted by Gasteiger charge is 2.08. The van der Waals surface area contributed by atoms with Crippen molar-refractivity contribution in [3.63, 3.8) is 0 Å². The standard InChI is InChI=1S/C9H9N7/c1-10-7-4-15-3-2-12-8(15)9(14-7)16-6-11-5-13-16/h2-6,10H,1H3. The lowest BCUT2D eigenvalue weighted by molar-refractivity contribution is 0.841. The molecule has 0 fully saturated rings. The largest absolute Gasteiger partial charge is 0.372 e. The van der Waals surface area contributed by atoms with E-state index < -0.39 is 0 Å². The fraction of sp³-hybridized carbons (Fsp3) is 0.111. The van der Waals surface area contributed by atoms with E-state index in [4.69, 9.17) is 0 Å². The highest BCUT2D eigenvalue weighted by molar-refractivity contribution is 5.57. The number of anilines is 1. The molecule has 0 unspecified atom stereocenters. The third-order valence-corrected chi connectivity index (χ3v) is 2.25. The zero-order valence-corrected chi connectivity index (χ0v) is 8.57. The lowest BCUT2D eigenvalue weighted by Gasteiger charge is -2.05. The van der Waals surface area contributed by atoms with Gasteiger partial charge in [0.05, 0.1) is 6.20 Å². The van der Waals surface area contributed by atoms with Gasteiger partial charge in [0, 0.05) is 19.4 Å². The maximum absolute atomic E-state index is 4.40. The Morgan fingerprint density at radius 2 is 2.31 bits per heavy atom. The molecule has 0 aliphatic carbocycles. The van der Waals surface area contributed by atoms with E-state index >= 15 is 0 Å². The molecule has 80 valence electrons. The molecule has 3 rings (SSSR count). The number of nitrogens with zero attached hydrogens (tertiary/aromatic N) is 6. The summed E-state index contributed by atoms with van der Waals surface area (Å²) >= 11 is 0. The van der Waals surface area contributed by atoms with Crippen LogP contribution in [0.3, 0.4) is 0 Å². The third-order valence-electron chi connectivity index (χ3n) is 2.25. The van der Waals surface area contributed by atoms with Gasteiger partial charge in [-0.25, -0.2) is 15.0 Å². The summed E-state index contributed by atoms with van der Waals surface area (Å²) in [5, 5.41) is 7.04. The number of rotatable bonds is 2. The first-order chi connectivity index (χ1) is 7.88. The predicted molar refractivity (Wildman–Crippen MR) is 57.5 cm³/mol. The summed E-state index contributed by atoms with van der Waals surface area (Å²) in [5.74, 6) is 1.39. The van der Waals surface area contributed by atoms with Gasteiger partial charge < -0.3 is 9.72 Å². The number of nitrogens with one attached hydrogen (secondary N) is 1. The second-order valence-corrected chi connectivity index (χ2v) is 3.20. The van der Waals surface area contributed by atoms with Crippen molar-refractivity contribution in [1.82, 2.24) is 29.1 Å². The first kappa shape index (κ1) is 8.84. The predicted octanol–water partition coefficient (Wildman–Crippen LogP) is 0.352. The Kier molecular flexibility index (Phi) is 1.82. The average molecular weight is 215 g/mol. The summed E-state index contributed by atoms with van der Waals surface area (Å²) in [4.78, 5) is 12.5. The summed E-state index contributed by atoms with van der Waals surface area (Å²) in [6.07, 6.45) is 8.50. The summed E-state index contributed by atoms with van der Waals surface area (Å²) in [6.45, 7) is 0. The Morgan fingerprint density at radius 3 is 3.06 bits per heavy atom. The summed E-state index contributed by atoms with van der Waals surface area (Å²) in [6, 6.07) is 0. The molecule has 0 saturated heterocycles. The minimum atomic E-state index is 0.648. The van der Waals surface area contributed by atoms with Crippen LogP contribution in [0.15, 0.2) is 31.2 Å². The summed E-state index contributed by atoms with van der Waals surface area (Å²) in [7, 11) is 1.82. The molecular weight excluding hydrogens is 206 g/mol. The minimum Gasteiger partial charge on any atom is -0.372 e. The van der Waals surface area contributed by atoms with Crippen LogP contribution in [-0.2, 0) is 0 Å². The molecule has 0 spiro atoms. The molecule has 0 aromatic carbocycles. The van der Waals surface area contributed by atoms with Crippen molar-refractivity contribution in [2.24, 2.45) is 0 Å². The molecule has 0 amide bonds. The lowest BCUT2D eigenvalue weighted by atomic mass is 10.5. The van der Waals surface area contributed by atoms with Gasteiger partial charge in [-0.15, -0.1) is 0 Å². The molecule has 0 atom stereocenters. The van der Waals surface area contributed by atoms with Crippen LogP contribution in [0.25, 0.3) is 11.5 Å². The van der Waals surface area contributed by atoms with Crippen molar-refractivity contribution in [3.05, 3.63) is 31.2 Å². The van der Waals surface area contributed by atoms with Gasteiger partial charge in [-0.3, -0.25) is 0 Å². The van der Waals surface area contributed by atoms with Crippen molar-refractivity contribution >= 4 is 11.5 Å². The quantitative estimate of drug-likeness (QED) is 0.667. The monoisotopic (exact) mass is 215 g/mol. The summed E-state index contributed by atoms with van der Waals surface area (Å²) in [5.41, 5.74) is 0.740. The maximum atomic E-state index is 4.40. The van der Waals surface area contributed by atoms with Gasteiger partial charge in [0.2, 0.25) is 5.82 Å². The van der Waals surface area contributed by atoms with Gasteiger partial charge in [-0.05, 0) is 0 Å². The molecule has 0 radical (unpaired) electrons. The highest BCUT2D eigenvalue weighted by Crippen LogP contribution is 2.13. The second kappa shape index (κ2) is 3.30. The average Bonchev–Trinajstić information content (AvgIpc) is 2.98. The number of fused-ring (bicyclic) bond motifs is 1. The van der Waals surface area contributed by atoms with Crippen LogP contribution in [0.2, 0.25) is 0 Å². The first-order valence-electron chi connectivity index (χ1n) is 4.75. The lowest BCUT2D eigenvalue weighted by Crippen LogP contribution is -2.05. The van der Waals surface area contributed by atoms with E-state index in [0.717, 1.165) is 11.5 Å². The third kappa shape index (κ3) is 1.22. The molecule has 0 bridgehead atoms. The molecule has 7 heteroatoms. The SMILES string of the molecule is CNc1cn2ccnc2c(-n2cncn2)n1. The molecule has 3 aromatic heterocycles. The Bertz CT molecular complexity index is 610. The van der Waals surface area contributed by atoms with Crippen LogP contribution in [0.4, 0.5) is 5.82 Å². The van der Waals surface area contributed by atoms with Crippen LogP contribution in [-0.4, -0.2) is 36.2 Å². The van der Waals surface area contributed by atoms with E-state index in [1.165, 1.54) is 6.33 Å². The van der Waals surface area contributed by atoms with Crippen LogP contribution in [0.5, 0.6) is 0 Å². The van der Waals surface area contributed by atoms with Crippen molar-refractivity contribution in [3.8, 4) is 5.82 Å². The zero-order chi connectivity index (χ0) is 11.0. The Balaban J connectivity index is 2.33.